The molecule has 0 aromatic heterocycles. The quantitative estimate of drug-likeness (QED) is 0.312. The molecule has 0 aliphatic carbocycles. The molecule has 0 amide bonds. The Morgan fingerprint density at radius 1 is 1.24 bits per heavy atom. The van der Waals surface area contributed by atoms with Crippen LogP contribution in [0.5, 0.6) is 0 Å². The number of carboxylic acids is 1. The lowest BCUT2D eigenvalue weighted by Crippen LogP contribution is -2.08. The third-order valence-corrected chi connectivity index (χ3v) is 3.51. The van der Waals surface area contributed by atoms with Crippen molar-refractivity contribution in [2.45, 2.75) is 51.9 Å². The van der Waals surface area contributed by atoms with Crippen LogP contribution in [-0.2, 0) is 6.42 Å². The molecule has 0 bridgehead atoms. The fourth-order valence-corrected chi connectivity index (χ4v) is 2.41. The zero-order valence-electron chi connectivity index (χ0n) is 12.3. The van der Waals surface area contributed by atoms with Crippen LogP contribution in [0.3, 0.4) is 0 Å². The number of rotatable bonds is 9. The number of nitrogen functional groups attached to an aromatic ring is 1. The van der Waals surface area contributed by atoms with E-state index in [2.05, 4.69) is 6.92 Å². The number of hydrogen-bond donors (Lipinski definition) is 2. The highest BCUT2D eigenvalue weighted by molar-refractivity contribution is 5.92. The number of anilines is 1. The van der Waals surface area contributed by atoms with Gasteiger partial charge in [-0.1, -0.05) is 39.0 Å². The molecule has 0 atom stereocenters. The van der Waals surface area contributed by atoms with Crippen LogP contribution in [0.1, 0.15) is 61.4 Å². The first kappa shape index (κ1) is 16.9. The predicted octanol–water partition coefficient (Wildman–Crippen LogP) is 3.78. The lowest BCUT2D eigenvalue weighted by Gasteiger charge is -2.09. The average Bonchev–Trinajstić information content (AvgIpc) is 2.41. The molecule has 21 heavy (non-hydrogen) atoms. The van der Waals surface area contributed by atoms with Crippen molar-refractivity contribution in [1.29, 1.82) is 0 Å². The van der Waals surface area contributed by atoms with Crippen LogP contribution in [0.4, 0.5) is 11.4 Å². The number of carboxylic acid groups (broad SMARTS) is 1. The maximum Gasteiger partial charge on any atom is 0.336 e. The van der Waals surface area contributed by atoms with Crippen LogP contribution in [0.25, 0.3) is 0 Å². The van der Waals surface area contributed by atoms with E-state index in [0.29, 0.717) is 6.42 Å². The van der Waals surface area contributed by atoms with Gasteiger partial charge in [0.2, 0.25) is 0 Å². The highest BCUT2D eigenvalue weighted by Gasteiger charge is 2.24. The van der Waals surface area contributed by atoms with E-state index in [-0.39, 0.29) is 22.5 Å². The number of hydrogen-bond acceptors (Lipinski definition) is 4. The van der Waals surface area contributed by atoms with E-state index in [1.807, 2.05) is 0 Å². The summed E-state index contributed by atoms with van der Waals surface area (Å²) in [4.78, 5) is 21.8. The summed E-state index contributed by atoms with van der Waals surface area (Å²) in [7, 11) is 0. The number of nitro groups is 1. The number of carbonyl (C=O) groups is 1. The first-order valence-corrected chi connectivity index (χ1v) is 7.28. The summed E-state index contributed by atoms with van der Waals surface area (Å²) >= 11 is 0. The zero-order valence-corrected chi connectivity index (χ0v) is 12.3. The Balaban J connectivity index is 2.84. The normalized spacial score (nSPS) is 10.5. The third kappa shape index (κ3) is 4.73. The monoisotopic (exact) mass is 294 g/mol. The van der Waals surface area contributed by atoms with Gasteiger partial charge in [0.15, 0.2) is 0 Å². The average molecular weight is 294 g/mol. The van der Waals surface area contributed by atoms with Crippen LogP contribution >= 0.6 is 0 Å². The van der Waals surface area contributed by atoms with Crippen LogP contribution in [0, 0.1) is 10.1 Å². The predicted molar refractivity (Wildman–Crippen MR) is 81.5 cm³/mol. The summed E-state index contributed by atoms with van der Waals surface area (Å²) in [6.07, 6.45) is 6.57. The summed E-state index contributed by atoms with van der Waals surface area (Å²) in [5, 5.41) is 20.3. The summed E-state index contributed by atoms with van der Waals surface area (Å²) in [5.74, 6) is -1.15. The van der Waals surface area contributed by atoms with Gasteiger partial charge in [-0.05, 0) is 25.0 Å². The SMILES string of the molecule is CCCCCCCCc1c(C(=O)O)ccc(N)c1[N+](=O)[O-]. The van der Waals surface area contributed by atoms with Crippen molar-refractivity contribution in [3.8, 4) is 0 Å². The number of nitrogens with two attached hydrogens (primary N) is 1. The topological polar surface area (TPSA) is 106 Å². The van der Waals surface area contributed by atoms with E-state index in [1.54, 1.807) is 0 Å². The number of aromatic carboxylic acids is 1. The zero-order chi connectivity index (χ0) is 15.8. The second kappa shape index (κ2) is 8.24. The Morgan fingerprint density at radius 2 is 1.86 bits per heavy atom. The van der Waals surface area contributed by atoms with Gasteiger partial charge in [0.05, 0.1) is 10.5 Å². The maximum atomic E-state index is 11.2. The molecule has 3 N–H and O–H groups in total. The molecule has 1 rings (SSSR count). The molecule has 0 spiro atoms. The first-order chi connectivity index (χ1) is 9.99. The van der Waals surface area contributed by atoms with Gasteiger partial charge < -0.3 is 10.8 Å². The van der Waals surface area contributed by atoms with Crippen LogP contribution in [0.15, 0.2) is 12.1 Å². The molecule has 1 aromatic carbocycles. The highest BCUT2D eigenvalue weighted by atomic mass is 16.6. The van der Waals surface area contributed by atoms with Crippen molar-refractivity contribution < 1.29 is 14.8 Å². The second-order valence-corrected chi connectivity index (χ2v) is 5.11. The van der Waals surface area contributed by atoms with Crippen molar-refractivity contribution in [2.75, 3.05) is 5.73 Å². The minimum atomic E-state index is -1.15. The molecule has 0 aliphatic rings. The van der Waals surface area contributed by atoms with E-state index >= 15 is 0 Å². The number of nitrogens with zero attached hydrogens (tertiary/aromatic N) is 1. The van der Waals surface area contributed by atoms with Gasteiger partial charge in [-0.15, -0.1) is 0 Å². The molecule has 0 saturated heterocycles. The van der Waals surface area contributed by atoms with E-state index < -0.39 is 10.9 Å². The van der Waals surface area contributed by atoms with Crippen LogP contribution in [0.2, 0.25) is 0 Å². The summed E-state index contributed by atoms with van der Waals surface area (Å²) < 4.78 is 0. The van der Waals surface area contributed by atoms with Gasteiger partial charge >= 0.3 is 5.97 Å². The van der Waals surface area contributed by atoms with E-state index in [0.717, 1.165) is 32.1 Å². The molecular weight excluding hydrogens is 272 g/mol. The molecule has 0 fully saturated rings. The van der Waals surface area contributed by atoms with Gasteiger partial charge in [0.1, 0.15) is 5.69 Å². The maximum absolute atomic E-state index is 11.2. The Morgan fingerprint density at radius 3 is 2.43 bits per heavy atom. The molecule has 0 unspecified atom stereocenters. The van der Waals surface area contributed by atoms with Crippen molar-refractivity contribution in [1.82, 2.24) is 0 Å². The van der Waals surface area contributed by atoms with Gasteiger partial charge in [-0.3, -0.25) is 10.1 Å². The summed E-state index contributed by atoms with van der Waals surface area (Å²) in [5.41, 5.74) is 5.60. The fraction of sp³-hybridized carbons (Fsp3) is 0.533. The molecule has 0 heterocycles. The summed E-state index contributed by atoms with van der Waals surface area (Å²) in [6, 6.07) is 2.63. The van der Waals surface area contributed by atoms with Crippen molar-refractivity contribution in [3.63, 3.8) is 0 Å². The van der Waals surface area contributed by atoms with Gasteiger partial charge in [-0.2, -0.15) is 0 Å². The van der Waals surface area contributed by atoms with Crippen molar-refractivity contribution in [3.05, 3.63) is 33.4 Å². The van der Waals surface area contributed by atoms with E-state index in [4.69, 9.17) is 5.73 Å². The molecule has 116 valence electrons. The minimum Gasteiger partial charge on any atom is -0.478 e. The lowest BCUT2D eigenvalue weighted by atomic mass is 9.97. The van der Waals surface area contributed by atoms with Crippen molar-refractivity contribution >= 4 is 17.3 Å². The van der Waals surface area contributed by atoms with E-state index in [9.17, 15) is 20.0 Å². The Hall–Kier alpha value is -2.11. The third-order valence-electron chi connectivity index (χ3n) is 3.51. The van der Waals surface area contributed by atoms with Crippen LogP contribution < -0.4 is 5.73 Å². The first-order valence-electron chi connectivity index (χ1n) is 7.28. The van der Waals surface area contributed by atoms with E-state index in [1.165, 1.54) is 18.6 Å². The van der Waals surface area contributed by atoms with Gasteiger partial charge in [0.25, 0.3) is 5.69 Å². The Labute approximate surface area is 124 Å². The lowest BCUT2D eigenvalue weighted by molar-refractivity contribution is -0.384. The largest absolute Gasteiger partial charge is 0.478 e. The molecule has 0 radical (unpaired) electrons. The Kier molecular flexibility index (Phi) is 6.65. The number of benzene rings is 1. The minimum absolute atomic E-state index is 0.0194. The molecular formula is C15H22N2O4. The van der Waals surface area contributed by atoms with Crippen LogP contribution in [-0.4, -0.2) is 16.0 Å². The molecule has 0 aliphatic heterocycles. The number of nitro benzene ring substituents is 1. The summed E-state index contributed by atoms with van der Waals surface area (Å²) in [6.45, 7) is 2.13. The van der Waals surface area contributed by atoms with Gasteiger partial charge in [-0.25, -0.2) is 4.79 Å². The fourth-order valence-electron chi connectivity index (χ4n) is 2.41. The molecule has 0 saturated carbocycles. The van der Waals surface area contributed by atoms with Gasteiger partial charge in [0, 0.05) is 5.56 Å². The van der Waals surface area contributed by atoms with Crippen molar-refractivity contribution in [2.24, 2.45) is 0 Å². The molecule has 1 aromatic rings. The highest BCUT2D eigenvalue weighted by Crippen LogP contribution is 2.31. The standard InChI is InChI=1S/C15H22N2O4/c1-2-3-4-5-6-7-8-11-12(15(18)19)9-10-13(16)14(11)17(20)21/h9-10H,2-8,16H2,1H3,(H,18,19). The molecule has 6 heteroatoms. The number of unbranched alkanes of at least 4 members (excludes halogenated alkanes) is 5. The smallest absolute Gasteiger partial charge is 0.336 e. The second-order valence-electron chi connectivity index (χ2n) is 5.11. The Bertz CT molecular complexity index is 515. The molecule has 6 nitrogen and oxygen atoms in total.